The Labute approximate surface area is 459 Å². The summed E-state index contributed by atoms with van der Waals surface area (Å²) in [7, 11) is 0. The highest BCUT2D eigenvalue weighted by Gasteiger charge is 2.19. The maximum absolute atomic E-state index is 12.9. The van der Waals surface area contributed by atoms with E-state index in [1.165, 1.54) is 180 Å². The van der Waals surface area contributed by atoms with Crippen molar-refractivity contribution < 1.29 is 28.6 Å². The Kier molecular flexibility index (Phi) is 59.7. The van der Waals surface area contributed by atoms with E-state index in [2.05, 4.69) is 93.7 Å². The average Bonchev–Trinajstić information content (AvgIpc) is 3.40. The molecular weight excluding hydrogens is 913 g/mol. The fraction of sp³-hybridized carbons (Fsp3) is 0.779. The predicted octanol–water partition coefficient (Wildman–Crippen LogP) is 21.7. The van der Waals surface area contributed by atoms with Gasteiger partial charge in [0.15, 0.2) is 6.10 Å². The second kappa shape index (κ2) is 62.4. The molecule has 1 atom stereocenters. The molecule has 0 aliphatic heterocycles. The van der Waals surface area contributed by atoms with E-state index < -0.39 is 6.10 Å². The number of hydrogen-bond donors (Lipinski definition) is 0. The number of unbranched alkanes of at least 4 members (excludes halogenated alkanes) is 35. The van der Waals surface area contributed by atoms with E-state index in [0.29, 0.717) is 19.3 Å². The molecule has 74 heavy (non-hydrogen) atoms. The van der Waals surface area contributed by atoms with Crippen LogP contribution in [-0.4, -0.2) is 37.2 Å². The van der Waals surface area contributed by atoms with Gasteiger partial charge >= 0.3 is 17.9 Å². The monoisotopic (exact) mass is 1030 g/mol. The smallest absolute Gasteiger partial charge is 0.306 e. The first-order valence-corrected chi connectivity index (χ1v) is 31.9. The van der Waals surface area contributed by atoms with Gasteiger partial charge in [-0.25, -0.2) is 0 Å². The van der Waals surface area contributed by atoms with E-state index in [-0.39, 0.29) is 31.1 Å². The van der Waals surface area contributed by atoms with Crippen molar-refractivity contribution in [1.82, 2.24) is 0 Å². The molecule has 0 aromatic rings. The van der Waals surface area contributed by atoms with Crippen LogP contribution in [0.15, 0.2) is 72.9 Å². The first kappa shape index (κ1) is 70.8. The van der Waals surface area contributed by atoms with Crippen LogP contribution in [-0.2, 0) is 28.6 Å². The third kappa shape index (κ3) is 59.7. The number of ether oxygens (including phenoxy) is 3. The van der Waals surface area contributed by atoms with Gasteiger partial charge in [-0.3, -0.25) is 14.4 Å². The number of esters is 3. The van der Waals surface area contributed by atoms with E-state index in [4.69, 9.17) is 14.2 Å². The summed E-state index contributed by atoms with van der Waals surface area (Å²) in [6.45, 7) is 6.52. The van der Waals surface area contributed by atoms with E-state index in [1.807, 2.05) is 0 Å². The van der Waals surface area contributed by atoms with Crippen molar-refractivity contribution >= 4 is 17.9 Å². The van der Waals surface area contributed by atoms with Gasteiger partial charge in [0.25, 0.3) is 0 Å². The zero-order chi connectivity index (χ0) is 53.6. The van der Waals surface area contributed by atoms with Gasteiger partial charge in [-0.2, -0.15) is 0 Å². The fourth-order valence-electron chi connectivity index (χ4n) is 9.21. The molecule has 0 amide bonds. The SMILES string of the molecule is CC/C=C\C/C=C\C/C=C\C/C=C\C/C=C\C/C=C\CCCCCCCCCCC(=O)OCC(COC(=O)CCCCCCCCC)OC(=O)CCCCCCCCCCCCCCCCCCCCCCCC. The zero-order valence-corrected chi connectivity index (χ0v) is 49.1. The van der Waals surface area contributed by atoms with Crippen molar-refractivity contribution in [1.29, 1.82) is 0 Å². The van der Waals surface area contributed by atoms with E-state index in [9.17, 15) is 14.4 Å². The van der Waals surface area contributed by atoms with Crippen LogP contribution in [0.1, 0.15) is 323 Å². The lowest BCUT2D eigenvalue weighted by Crippen LogP contribution is -2.30. The highest BCUT2D eigenvalue weighted by atomic mass is 16.6. The number of allylic oxidation sites excluding steroid dienone is 12. The molecule has 6 heteroatoms. The van der Waals surface area contributed by atoms with Crippen LogP contribution in [0.3, 0.4) is 0 Å². The molecule has 428 valence electrons. The van der Waals surface area contributed by atoms with E-state index in [1.54, 1.807) is 0 Å². The lowest BCUT2D eigenvalue weighted by Gasteiger charge is -2.18. The van der Waals surface area contributed by atoms with Crippen molar-refractivity contribution in [3.05, 3.63) is 72.9 Å². The number of hydrogen-bond acceptors (Lipinski definition) is 6. The molecule has 0 spiro atoms. The summed E-state index contributed by atoms with van der Waals surface area (Å²) < 4.78 is 16.8. The first-order chi connectivity index (χ1) is 36.5. The van der Waals surface area contributed by atoms with Crippen molar-refractivity contribution in [3.63, 3.8) is 0 Å². The molecular formula is C68H120O6. The van der Waals surface area contributed by atoms with Crippen molar-refractivity contribution in [3.8, 4) is 0 Å². The maximum Gasteiger partial charge on any atom is 0.306 e. The van der Waals surface area contributed by atoms with Gasteiger partial charge < -0.3 is 14.2 Å². The van der Waals surface area contributed by atoms with Crippen LogP contribution < -0.4 is 0 Å². The summed E-state index contributed by atoms with van der Waals surface area (Å²) in [5, 5.41) is 0. The molecule has 0 bridgehead atoms. The molecule has 0 aromatic heterocycles. The summed E-state index contributed by atoms with van der Waals surface area (Å²) in [4.78, 5) is 38.1. The number of carbonyl (C=O) groups is 3. The molecule has 0 aliphatic rings. The van der Waals surface area contributed by atoms with Gasteiger partial charge in [-0.1, -0.05) is 306 Å². The van der Waals surface area contributed by atoms with Crippen LogP contribution >= 0.6 is 0 Å². The third-order valence-corrected chi connectivity index (χ3v) is 14.0. The minimum Gasteiger partial charge on any atom is -0.462 e. The molecule has 0 saturated carbocycles. The summed E-state index contributed by atoms with van der Waals surface area (Å²) >= 11 is 0. The van der Waals surface area contributed by atoms with Gasteiger partial charge in [0.05, 0.1) is 0 Å². The second-order valence-corrected chi connectivity index (χ2v) is 21.3. The molecule has 6 nitrogen and oxygen atoms in total. The van der Waals surface area contributed by atoms with Gasteiger partial charge in [-0.05, 0) is 70.6 Å². The minimum absolute atomic E-state index is 0.0743. The Bertz CT molecular complexity index is 1370. The summed E-state index contributed by atoms with van der Waals surface area (Å²) in [6, 6.07) is 0. The maximum atomic E-state index is 12.9. The standard InChI is InChI=1S/C68H120O6/c1-4-7-10-13-16-18-20-22-24-26-28-30-32-33-34-35-36-38-39-41-43-45-47-49-52-55-58-61-67(70)73-64-65(63-72-66(69)60-57-54-51-15-12-9-6-3)74-68(71)62-59-56-53-50-48-46-44-42-40-37-31-29-27-25-23-21-19-17-14-11-8-5-2/h7,10,16,18,22,24,28,30,33-34,36,38,65H,4-6,8-9,11-15,17,19-21,23,25-27,29,31-32,35,37,39-64H2,1-3H3/b10-7-,18-16-,24-22-,30-28-,34-33-,38-36-. The molecule has 1 unspecified atom stereocenters. The Hall–Kier alpha value is -3.15. The lowest BCUT2D eigenvalue weighted by atomic mass is 10.0. The Morgan fingerprint density at radius 3 is 0.824 bits per heavy atom. The molecule has 0 aliphatic carbocycles. The Morgan fingerprint density at radius 1 is 0.284 bits per heavy atom. The minimum atomic E-state index is -0.774. The third-order valence-electron chi connectivity index (χ3n) is 14.0. The van der Waals surface area contributed by atoms with Gasteiger partial charge in [-0.15, -0.1) is 0 Å². The van der Waals surface area contributed by atoms with Gasteiger partial charge in [0.2, 0.25) is 0 Å². The summed E-state index contributed by atoms with van der Waals surface area (Å²) in [6.07, 6.45) is 80.8. The zero-order valence-electron chi connectivity index (χ0n) is 49.1. The topological polar surface area (TPSA) is 78.9 Å². The second-order valence-electron chi connectivity index (χ2n) is 21.3. The molecule has 0 radical (unpaired) electrons. The molecule has 0 aromatic carbocycles. The van der Waals surface area contributed by atoms with Gasteiger partial charge in [0.1, 0.15) is 13.2 Å². The Morgan fingerprint density at radius 2 is 0.527 bits per heavy atom. The number of carbonyl (C=O) groups excluding carboxylic acids is 3. The molecule has 0 heterocycles. The summed E-state index contributed by atoms with van der Waals surface area (Å²) in [5.41, 5.74) is 0. The van der Waals surface area contributed by atoms with Crippen LogP contribution in [0.2, 0.25) is 0 Å². The van der Waals surface area contributed by atoms with Crippen LogP contribution in [0.25, 0.3) is 0 Å². The largest absolute Gasteiger partial charge is 0.462 e. The average molecular weight is 1030 g/mol. The van der Waals surface area contributed by atoms with Crippen molar-refractivity contribution in [2.75, 3.05) is 13.2 Å². The van der Waals surface area contributed by atoms with E-state index in [0.717, 1.165) is 103 Å². The first-order valence-electron chi connectivity index (χ1n) is 31.9. The van der Waals surface area contributed by atoms with Crippen LogP contribution in [0.4, 0.5) is 0 Å². The molecule has 0 saturated heterocycles. The quantitative estimate of drug-likeness (QED) is 0.0261. The highest BCUT2D eigenvalue weighted by Crippen LogP contribution is 2.17. The Balaban J connectivity index is 4.14. The van der Waals surface area contributed by atoms with Crippen LogP contribution in [0, 0.1) is 0 Å². The number of rotatable bonds is 58. The predicted molar refractivity (Wildman–Crippen MR) is 321 cm³/mol. The lowest BCUT2D eigenvalue weighted by molar-refractivity contribution is -0.167. The van der Waals surface area contributed by atoms with Crippen molar-refractivity contribution in [2.24, 2.45) is 0 Å². The highest BCUT2D eigenvalue weighted by molar-refractivity contribution is 5.71. The van der Waals surface area contributed by atoms with Gasteiger partial charge in [0, 0.05) is 19.3 Å². The van der Waals surface area contributed by atoms with Crippen molar-refractivity contribution in [2.45, 2.75) is 329 Å². The van der Waals surface area contributed by atoms with Crippen LogP contribution in [0.5, 0.6) is 0 Å². The molecule has 0 rings (SSSR count). The summed E-state index contributed by atoms with van der Waals surface area (Å²) in [5.74, 6) is -0.874. The van der Waals surface area contributed by atoms with E-state index >= 15 is 0 Å². The normalized spacial score (nSPS) is 12.5. The molecule has 0 fully saturated rings. The fourth-order valence-corrected chi connectivity index (χ4v) is 9.21. The molecule has 0 N–H and O–H groups in total.